The third kappa shape index (κ3) is 3.59. The van der Waals surface area contributed by atoms with Gasteiger partial charge >= 0.3 is 5.97 Å². The van der Waals surface area contributed by atoms with Gasteiger partial charge < -0.3 is 18.8 Å². The summed E-state index contributed by atoms with van der Waals surface area (Å²) in [5.41, 5.74) is 3.21. The normalized spacial score (nSPS) is 16.5. The van der Waals surface area contributed by atoms with Crippen molar-refractivity contribution in [2.45, 2.75) is 45.9 Å². The van der Waals surface area contributed by atoms with Gasteiger partial charge in [0.25, 0.3) is 5.91 Å². The Labute approximate surface area is 175 Å². The van der Waals surface area contributed by atoms with Crippen LogP contribution < -0.4 is 4.90 Å². The van der Waals surface area contributed by atoms with Crippen molar-refractivity contribution in [1.29, 1.82) is 0 Å². The molecule has 1 amide bonds. The molecule has 0 saturated heterocycles. The van der Waals surface area contributed by atoms with Crippen LogP contribution in [0.25, 0.3) is 11.0 Å². The SMILES string of the molecule is CCOCc1c(C(=O)O[C@H](C)C(=O)N2c3ccccc3C[C@@H]2C)oc2ccccc12. The molecule has 1 aliphatic rings. The predicted octanol–water partition coefficient (Wildman–Crippen LogP) is 4.49. The average Bonchev–Trinajstić information content (AvgIpc) is 3.28. The maximum absolute atomic E-state index is 13.1. The van der Waals surface area contributed by atoms with E-state index in [4.69, 9.17) is 13.9 Å². The van der Waals surface area contributed by atoms with Crippen molar-refractivity contribution in [2.24, 2.45) is 0 Å². The number of carbonyl (C=O) groups is 2. The molecule has 6 heteroatoms. The largest absolute Gasteiger partial charge is 0.449 e. The Kier molecular flexibility index (Phi) is 5.59. The van der Waals surface area contributed by atoms with Gasteiger partial charge in [-0.25, -0.2) is 4.79 Å². The quantitative estimate of drug-likeness (QED) is 0.563. The maximum atomic E-state index is 13.1. The fourth-order valence-electron chi connectivity index (χ4n) is 3.97. The molecule has 30 heavy (non-hydrogen) atoms. The molecule has 6 nitrogen and oxygen atoms in total. The first-order valence-electron chi connectivity index (χ1n) is 10.2. The number of esters is 1. The highest BCUT2D eigenvalue weighted by Gasteiger charge is 2.35. The zero-order valence-electron chi connectivity index (χ0n) is 17.4. The molecule has 2 heterocycles. The molecule has 4 rings (SSSR count). The Morgan fingerprint density at radius 3 is 2.70 bits per heavy atom. The number of hydrogen-bond donors (Lipinski definition) is 0. The van der Waals surface area contributed by atoms with Crippen LogP contribution in [0.15, 0.2) is 52.9 Å². The lowest BCUT2D eigenvalue weighted by atomic mass is 10.1. The van der Waals surface area contributed by atoms with Crippen LogP contribution in [0, 0.1) is 0 Å². The second-order valence-electron chi connectivity index (χ2n) is 7.48. The molecule has 0 radical (unpaired) electrons. The molecule has 0 bridgehead atoms. The minimum absolute atomic E-state index is 0.00997. The van der Waals surface area contributed by atoms with Gasteiger partial charge in [-0.2, -0.15) is 0 Å². The summed E-state index contributed by atoms with van der Waals surface area (Å²) in [4.78, 5) is 27.7. The molecule has 1 aromatic heterocycles. The first-order chi connectivity index (χ1) is 14.5. The molecule has 0 N–H and O–H groups in total. The molecule has 0 unspecified atom stereocenters. The standard InChI is InChI=1S/C24H25NO5/c1-4-28-14-19-18-10-6-8-12-21(18)30-22(19)24(27)29-16(3)23(26)25-15(2)13-17-9-5-7-11-20(17)25/h5-12,15-16H,4,13-14H2,1-3H3/t15-,16+/m0/s1. The van der Waals surface area contributed by atoms with Crippen LogP contribution in [0.4, 0.5) is 5.69 Å². The molecule has 1 aliphatic heterocycles. The van der Waals surface area contributed by atoms with Crippen LogP contribution in [-0.2, 0) is 27.3 Å². The first kappa shape index (κ1) is 20.2. The minimum atomic E-state index is -0.945. The Balaban J connectivity index is 1.56. The van der Waals surface area contributed by atoms with E-state index in [0.29, 0.717) is 17.8 Å². The Morgan fingerprint density at radius 2 is 1.90 bits per heavy atom. The molecule has 0 aliphatic carbocycles. The Hall–Kier alpha value is -3.12. The molecule has 0 saturated carbocycles. The third-order valence-electron chi connectivity index (χ3n) is 5.41. The summed E-state index contributed by atoms with van der Waals surface area (Å²) in [5.74, 6) is -0.829. The van der Waals surface area contributed by atoms with Gasteiger partial charge in [0.05, 0.1) is 6.61 Å². The number of furan rings is 1. The zero-order valence-corrected chi connectivity index (χ0v) is 17.4. The number of rotatable bonds is 6. The second-order valence-corrected chi connectivity index (χ2v) is 7.48. The van der Waals surface area contributed by atoms with Crippen LogP contribution in [0.5, 0.6) is 0 Å². The Morgan fingerprint density at radius 1 is 1.17 bits per heavy atom. The van der Waals surface area contributed by atoms with Crippen LogP contribution in [0.1, 0.15) is 42.5 Å². The van der Waals surface area contributed by atoms with Crippen LogP contribution in [0.3, 0.4) is 0 Å². The van der Waals surface area contributed by atoms with Crippen molar-refractivity contribution in [3.05, 3.63) is 65.4 Å². The van der Waals surface area contributed by atoms with Crippen molar-refractivity contribution in [3.8, 4) is 0 Å². The fourth-order valence-corrected chi connectivity index (χ4v) is 3.97. The third-order valence-corrected chi connectivity index (χ3v) is 5.41. The van der Waals surface area contributed by atoms with Gasteiger partial charge in [-0.15, -0.1) is 0 Å². The van der Waals surface area contributed by atoms with Gasteiger partial charge in [0, 0.05) is 29.3 Å². The predicted molar refractivity (Wildman–Crippen MR) is 114 cm³/mol. The van der Waals surface area contributed by atoms with Crippen LogP contribution in [-0.4, -0.2) is 30.6 Å². The monoisotopic (exact) mass is 407 g/mol. The molecular formula is C24H25NO5. The van der Waals surface area contributed by atoms with Gasteiger partial charge in [-0.1, -0.05) is 36.4 Å². The highest BCUT2D eigenvalue weighted by molar-refractivity contribution is 6.01. The molecule has 156 valence electrons. The summed E-state index contributed by atoms with van der Waals surface area (Å²) in [6.45, 7) is 6.21. The number of para-hydroxylation sites is 2. The number of hydrogen-bond acceptors (Lipinski definition) is 5. The smallest absolute Gasteiger partial charge is 0.375 e. The van der Waals surface area contributed by atoms with E-state index >= 15 is 0 Å². The minimum Gasteiger partial charge on any atom is -0.449 e. The molecule has 2 atom stereocenters. The van der Waals surface area contributed by atoms with Gasteiger partial charge in [-0.05, 0) is 44.9 Å². The highest BCUT2D eigenvalue weighted by atomic mass is 16.6. The van der Waals surface area contributed by atoms with E-state index in [1.54, 1.807) is 17.9 Å². The molecular weight excluding hydrogens is 382 g/mol. The van der Waals surface area contributed by atoms with E-state index in [9.17, 15) is 9.59 Å². The maximum Gasteiger partial charge on any atom is 0.375 e. The van der Waals surface area contributed by atoms with E-state index in [1.807, 2.05) is 56.3 Å². The number of ether oxygens (including phenoxy) is 2. The average molecular weight is 407 g/mol. The number of nitrogens with zero attached hydrogens (tertiary/aromatic N) is 1. The lowest BCUT2D eigenvalue weighted by molar-refractivity contribution is -0.126. The van der Waals surface area contributed by atoms with Crippen molar-refractivity contribution in [2.75, 3.05) is 11.5 Å². The summed E-state index contributed by atoms with van der Waals surface area (Å²) in [7, 11) is 0. The van der Waals surface area contributed by atoms with E-state index in [2.05, 4.69) is 0 Å². The van der Waals surface area contributed by atoms with E-state index < -0.39 is 12.1 Å². The Bertz CT molecular complexity index is 1090. The highest BCUT2D eigenvalue weighted by Crippen LogP contribution is 2.33. The van der Waals surface area contributed by atoms with E-state index in [-0.39, 0.29) is 24.3 Å². The molecule has 0 spiro atoms. The summed E-state index contributed by atoms with van der Waals surface area (Å²) >= 11 is 0. The summed E-state index contributed by atoms with van der Waals surface area (Å²) in [5, 5.41) is 0.805. The molecule has 2 aromatic carbocycles. The lowest BCUT2D eigenvalue weighted by Crippen LogP contribution is -2.43. The van der Waals surface area contributed by atoms with Gasteiger partial charge in [0.1, 0.15) is 5.58 Å². The topological polar surface area (TPSA) is 69.0 Å². The van der Waals surface area contributed by atoms with Crippen LogP contribution in [0.2, 0.25) is 0 Å². The zero-order chi connectivity index (χ0) is 21.3. The van der Waals surface area contributed by atoms with Crippen molar-refractivity contribution >= 4 is 28.5 Å². The van der Waals surface area contributed by atoms with Crippen molar-refractivity contribution in [1.82, 2.24) is 0 Å². The van der Waals surface area contributed by atoms with E-state index in [1.165, 1.54) is 0 Å². The van der Waals surface area contributed by atoms with Gasteiger partial charge in [-0.3, -0.25) is 4.79 Å². The number of benzene rings is 2. The van der Waals surface area contributed by atoms with Crippen molar-refractivity contribution in [3.63, 3.8) is 0 Å². The fraction of sp³-hybridized carbons (Fsp3) is 0.333. The summed E-state index contributed by atoms with van der Waals surface area (Å²) < 4.78 is 16.8. The lowest BCUT2D eigenvalue weighted by Gasteiger charge is -2.25. The van der Waals surface area contributed by atoms with Gasteiger partial charge in [0.2, 0.25) is 5.76 Å². The van der Waals surface area contributed by atoms with E-state index in [0.717, 1.165) is 23.1 Å². The summed E-state index contributed by atoms with van der Waals surface area (Å²) in [6, 6.07) is 15.2. The second kappa shape index (κ2) is 8.32. The number of fused-ring (bicyclic) bond motifs is 2. The number of carbonyl (C=O) groups excluding carboxylic acids is 2. The summed E-state index contributed by atoms with van der Waals surface area (Å²) in [6.07, 6.45) is -0.163. The first-order valence-corrected chi connectivity index (χ1v) is 10.2. The molecule has 3 aromatic rings. The van der Waals surface area contributed by atoms with Crippen molar-refractivity contribution < 1.29 is 23.5 Å². The number of anilines is 1. The molecule has 0 fully saturated rings. The number of amides is 1. The van der Waals surface area contributed by atoms with Gasteiger partial charge in [0.15, 0.2) is 6.10 Å². The van der Waals surface area contributed by atoms with Crippen LogP contribution >= 0.6 is 0 Å².